The summed E-state index contributed by atoms with van der Waals surface area (Å²) in [5.74, 6) is 0.560. The highest BCUT2D eigenvalue weighted by Crippen LogP contribution is 2.32. The molecule has 2 aromatic heterocycles. The normalized spacial score (nSPS) is 25.7. The molecule has 0 aliphatic carbocycles. The van der Waals surface area contributed by atoms with Gasteiger partial charge in [0.1, 0.15) is 24.6 Å². The van der Waals surface area contributed by atoms with E-state index in [2.05, 4.69) is 20.3 Å². The van der Waals surface area contributed by atoms with Crippen molar-refractivity contribution >= 4 is 17.0 Å². The van der Waals surface area contributed by atoms with Crippen molar-refractivity contribution in [3.63, 3.8) is 0 Å². The molecule has 1 aliphatic heterocycles. The zero-order valence-electron chi connectivity index (χ0n) is 13.8. The molecule has 0 amide bonds. The van der Waals surface area contributed by atoms with E-state index < -0.39 is 24.5 Å². The summed E-state index contributed by atoms with van der Waals surface area (Å²) in [5.41, 5.74) is 2.09. The molecule has 1 unspecified atom stereocenters. The van der Waals surface area contributed by atoms with Crippen LogP contribution in [0.3, 0.4) is 0 Å². The number of benzene rings is 1. The highest BCUT2D eigenvalue weighted by molar-refractivity contribution is 5.82. The molecule has 0 saturated carbocycles. The van der Waals surface area contributed by atoms with Crippen molar-refractivity contribution in [3.8, 4) is 0 Å². The smallest absolute Gasteiger partial charge is 0.167 e. The topological polar surface area (TPSA) is 126 Å². The van der Waals surface area contributed by atoms with Crippen LogP contribution in [0, 0.1) is 0 Å². The Morgan fingerprint density at radius 1 is 1.08 bits per heavy atom. The zero-order chi connectivity index (χ0) is 18.1. The maximum Gasteiger partial charge on any atom is 0.167 e. The largest absolute Gasteiger partial charge is 0.394 e. The number of ether oxygens (including phenoxy) is 1. The number of hydrogen-bond acceptors (Lipinski definition) is 8. The third-order valence-corrected chi connectivity index (χ3v) is 4.45. The quantitative estimate of drug-likeness (QED) is 0.505. The first-order valence-corrected chi connectivity index (χ1v) is 8.27. The van der Waals surface area contributed by atoms with Crippen LogP contribution in [0.2, 0.25) is 0 Å². The van der Waals surface area contributed by atoms with Gasteiger partial charge in [-0.2, -0.15) is 0 Å². The van der Waals surface area contributed by atoms with Gasteiger partial charge in [-0.25, -0.2) is 15.0 Å². The van der Waals surface area contributed by atoms with Crippen molar-refractivity contribution in [2.24, 2.45) is 0 Å². The van der Waals surface area contributed by atoms with E-state index in [-0.39, 0.29) is 6.61 Å². The van der Waals surface area contributed by atoms with Gasteiger partial charge in [-0.3, -0.25) is 4.57 Å². The molecule has 4 rings (SSSR count). The summed E-state index contributed by atoms with van der Waals surface area (Å²) in [6.07, 6.45) is -1.24. The van der Waals surface area contributed by atoms with Gasteiger partial charge in [0.05, 0.1) is 12.9 Å². The number of hydrogen-bond donors (Lipinski definition) is 4. The monoisotopic (exact) mass is 357 g/mol. The second kappa shape index (κ2) is 6.96. The van der Waals surface area contributed by atoms with E-state index >= 15 is 0 Å². The molecule has 0 bridgehead atoms. The van der Waals surface area contributed by atoms with Crippen molar-refractivity contribution in [2.75, 3.05) is 11.9 Å². The van der Waals surface area contributed by atoms with Gasteiger partial charge in [0.2, 0.25) is 0 Å². The summed E-state index contributed by atoms with van der Waals surface area (Å²) in [4.78, 5) is 12.8. The molecule has 9 heteroatoms. The fourth-order valence-electron chi connectivity index (χ4n) is 3.06. The van der Waals surface area contributed by atoms with Gasteiger partial charge in [0, 0.05) is 6.54 Å². The first kappa shape index (κ1) is 16.9. The van der Waals surface area contributed by atoms with Gasteiger partial charge in [0.25, 0.3) is 0 Å². The van der Waals surface area contributed by atoms with Crippen LogP contribution in [-0.4, -0.2) is 59.8 Å². The lowest BCUT2D eigenvalue weighted by molar-refractivity contribution is -0.0511. The van der Waals surface area contributed by atoms with Gasteiger partial charge in [-0.1, -0.05) is 30.3 Å². The minimum absolute atomic E-state index is 0.389. The Kier molecular flexibility index (Phi) is 4.51. The average Bonchev–Trinajstić information content (AvgIpc) is 3.23. The molecule has 1 aromatic carbocycles. The molecule has 9 nitrogen and oxygen atoms in total. The Hall–Kier alpha value is -2.59. The minimum Gasteiger partial charge on any atom is -0.394 e. The minimum atomic E-state index is -1.19. The molecule has 3 heterocycles. The molecule has 0 spiro atoms. The molecule has 26 heavy (non-hydrogen) atoms. The summed E-state index contributed by atoms with van der Waals surface area (Å²) in [6.45, 7) is 0.188. The molecule has 4 atom stereocenters. The van der Waals surface area contributed by atoms with Crippen LogP contribution in [0.5, 0.6) is 0 Å². The molecular weight excluding hydrogens is 338 g/mol. The predicted molar refractivity (Wildman–Crippen MR) is 92.1 cm³/mol. The molecular formula is C17H19N5O4. The average molecular weight is 357 g/mol. The van der Waals surface area contributed by atoms with Crippen LogP contribution in [0.1, 0.15) is 11.8 Å². The lowest BCUT2D eigenvalue weighted by Gasteiger charge is -2.16. The Morgan fingerprint density at radius 3 is 2.62 bits per heavy atom. The first-order chi connectivity index (χ1) is 12.7. The number of imidazole rings is 1. The summed E-state index contributed by atoms with van der Waals surface area (Å²) in [7, 11) is 0. The number of nitrogens with zero attached hydrogens (tertiary/aromatic N) is 4. The van der Waals surface area contributed by atoms with Crippen LogP contribution in [-0.2, 0) is 11.3 Å². The Morgan fingerprint density at radius 2 is 1.88 bits per heavy atom. The van der Waals surface area contributed by atoms with E-state index in [0.29, 0.717) is 23.5 Å². The van der Waals surface area contributed by atoms with Crippen molar-refractivity contribution in [3.05, 3.63) is 48.5 Å². The van der Waals surface area contributed by atoms with E-state index in [1.165, 1.54) is 17.2 Å². The second-order valence-corrected chi connectivity index (χ2v) is 6.11. The van der Waals surface area contributed by atoms with Gasteiger partial charge >= 0.3 is 0 Å². The van der Waals surface area contributed by atoms with Crippen LogP contribution in [0.4, 0.5) is 5.82 Å². The second-order valence-electron chi connectivity index (χ2n) is 6.11. The molecule has 1 aliphatic rings. The molecule has 1 fully saturated rings. The third kappa shape index (κ3) is 2.90. The van der Waals surface area contributed by atoms with Gasteiger partial charge in [0.15, 0.2) is 23.2 Å². The summed E-state index contributed by atoms with van der Waals surface area (Å²) in [6, 6.07) is 9.88. The molecule has 1 saturated heterocycles. The standard InChI is InChI=1S/C17H19N5O4/c23-7-11-13(24)14(25)17(26-11)22-9-21-12-15(19-8-20-16(12)22)18-6-10-4-2-1-3-5-10/h1-5,8-9,11,13-14,17,23-25H,6-7H2,(H,18,19,20)/t11-,13-,14-,17?/m0/s1. The first-order valence-electron chi connectivity index (χ1n) is 8.27. The molecule has 0 radical (unpaired) electrons. The van der Waals surface area contributed by atoms with Gasteiger partial charge < -0.3 is 25.4 Å². The molecule has 3 aromatic rings. The Bertz CT molecular complexity index is 887. The highest BCUT2D eigenvalue weighted by Gasteiger charge is 2.44. The molecule has 4 N–H and O–H groups in total. The maximum absolute atomic E-state index is 10.2. The summed E-state index contributed by atoms with van der Waals surface area (Å²) in [5, 5.41) is 32.6. The van der Waals surface area contributed by atoms with Gasteiger partial charge in [-0.05, 0) is 5.56 Å². The van der Waals surface area contributed by atoms with Crippen molar-refractivity contribution in [2.45, 2.75) is 31.1 Å². The van der Waals surface area contributed by atoms with E-state index in [4.69, 9.17) is 4.74 Å². The SMILES string of the molecule is OC[C@@H]1OC(n2cnc3c(NCc4ccccc4)ncnc32)[C@@H](O)[C@H]1O. The fourth-order valence-corrected chi connectivity index (χ4v) is 3.06. The number of anilines is 1. The van der Waals surface area contributed by atoms with E-state index in [9.17, 15) is 15.3 Å². The number of aromatic nitrogens is 4. The van der Waals surface area contributed by atoms with Crippen molar-refractivity contribution in [1.29, 1.82) is 0 Å². The highest BCUT2D eigenvalue weighted by atomic mass is 16.6. The zero-order valence-corrected chi connectivity index (χ0v) is 13.8. The van der Waals surface area contributed by atoms with E-state index in [1.54, 1.807) is 0 Å². The van der Waals surface area contributed by atoms with Crippen LogP contribution >= 0.6 is 0 Å². The van der Waals surface area contributed by atoms with Crippen molar-refractivity contribution in [1.82, 2.24) is 19.5 Å². The number of rotatable bonds is 5. The fraction of sp³-hybridized carbons (Fsp3) is 0.353. The number of nitrogens with one attached hydrogen (secondary N) is 1. The van der Waals surface area contributed by atoms with Crippen LogP contribution in [0.15, 0.2) is 43.0 Å². The van der Waals surface area contributed by atoms with Crippen LogP contribution in [0.25, 0.3) is 11.2 Å². The predicted octanol–water partition coefficient (Wildman–Crippen LogP) is 0.0499. The summed E-state index contributed by atoms with van der Waals surface area (Å²) >= 11 is 0. The summed E-state index contributed by atoms with van der Waals surface area (Å²) < 4.78 is 7.08. The van der Waals surface area contributed by atoms with Crippen molar-refractivity contribution < 1.29 is 20.1 Å². The molecule has 136 valence electrons. The number of aliphatic hydroxyl groups is 3. The van der Waals surface area contributed by atoms with Crippen LogP contribution < -0.4 is 5.32 Å². The third-order valence-electron chi connectivity index (χ3n) is 4.45. The van der Waals surface area contributed by atoms with E-state index in [0.717, 1.165) is 5.56 Å². The number of fused-ring (bicyclic) bond motifs is 1. The number of aliphatic hydroxyl groups excluding tert-OH is 3. The Labute approximate surface area is 148 Å². The maximum atomic E-state index is 10.2. The lowest BCUT2D eigenvalue weighted by atomic mass is 10.1. The van der Waals surface area contributed by atoms with Gasteiger partial charge in [-0.15, -0.1) is 0 Å². The van der Waals surface area contributed by atoms with E-state index in [1.807, 2.05) is 30.3 Å². The lowest BCUT2D eigenvalue weighted by Crippen LogP contribution is -2.33. The Balaban J connectivity index is 1.61.